The molecule has 1 saturated heterocycles. The van der Waals surface area contributed by atoms with Crippen molar-refractivity contribution in [1.29, 1.82) is 0 Å². The zero-order valence-electron chi connectivity index (χ0n) is 24.3. The van der Waals surface area contributed by atoms with E-state index in [0.29, 0.717) is 35.9 Å². The van der Waals surface area contributed by atoms with Crippen LogP contribution in [0.4, 0.5) is 0 Å². The van der Waals surface area contributed by atoms with Crippen LogP contribution >= 0.6 is 0 Å². The number of carbonyl (C=O) groups is 1. The number of hydrogen-bond acceptors (Lipinski definition) is 9. The molecule has 1 atom stereocenters. The largest absolute Gasteiger partial charge is 0.497 e. The standard InChI is InChI=1S/C29H39N5O6S/c1-20-15-25(39-5)16-21(2)27(20)41(36,37)33(3)19-26-31-32-29(40-26)28(35)30-13-12-22-8-10-23(11-9-22)17-34-14-6-7-24(18-34)38-4/h8-11,15-16,24H,6-7,12-14,17-19H2,1-5H3,(H,30,35). The highest BCUT2D eigenvalue weighted by Crippen LogP contribution is 2.28. The molecule has 1 amide bonds. The van der Waals surface area contributed by atoms with Crippen LogP contribution in [0.2, 0.25) is 0 Å². The van der Waals surface area contributed by atoms with Gasteiger partial charge in [-0.1, -0.05) is 24.3 Å². The van der Waals surface area contributed by atoms with E-state index >= 15 is 0 Å². The van der Waals surface area contributed by atoms with Gasteiger partial charge in [-0.25, -0.2) is 8.42 Å². The molecule has 3 aromatic rings. The molecule has 1 N–H and O–H groups in total. The number of nitrogens with one attached hydrogen (secondary N) is 1. The van der Waals surface area contributed by atoms with Crippen LogP contribution < -0.4 is 10.1 Å². The lowest BCUT2D eigenvalue weighted by Crippen LogP contribution is -2.38. The van der Waals surface area contributed by atoms with Gasteiger partial charge in [-0.05, 0) is 74.0 Å². The van der Waals surface area contributed by atoms with Crippen molar-refractivity contribution in [1.82, 2.24) is 24.7 Å². The average molecular weight is 586 g/mol. The Morgan fingerprint density at radius 2 is 1.80 bits per heavy atom. The summed E-state index contributed by atoms with van der Waals surface area (Å²) in [5, 5.41) is 10.5. The molecule has 0 radical (unpaired) electrons. The monoisotopic (exact) mass is 585 g/mol. The second-order valence-corrected chi connectivity index (χ2v) is 12.4. The topological polar surface area (TPSA) is 127 Å². The van der Waals surface area contributed by atoms with Crippen LogP contribution in [0.1, 0.15) is 51.7 Å². The molecule has 4 rings (SSSR count). The Labute approximate surface area is 241 Å². The van der Waals surface area contributed by atoms with Crippen LogP contribution in [-0.4, -0.2) is 80.7 Å². The first-order chi connectivity index (χ1) is 19.6. The lowest BCUT2D eigenvalue weighted by Gasteiger charge is -2.31. The van der Waals surface area contributed by atoms with Crippen LogP contribution in [-0.2, 0) is 34.3 Å². The van der Waals surface area contributed by atoms with E-state index in [1.807, 2.05) is 0 Å². The number of benzene rings is 2. The Morgan fingerprint density at radius 3 is 2.46 bits per heavy atom. The Hall–Kier alpha value is -3.32. The molecule has 2 heterocycles. The van der Waals surface area contributed by atoms with Gasteiger partial charge in [0.25, 0.3) is 0 Å². The van der Waals surface area contributed by atoms with Crippen molar-refractivity contribution in [2.75, 3.05) is 40.9 Å². The number of piperidine rings is 1. The molecule has 12 heteroatoms. The van der Waals surface area contributed by atoms with E-state index in [1.54, 1.807) is 33.1 Å². The molecule has 0 bridgehead atoms. The first-order valence-corrected chi connectivity index (χ1v) is 15.1. The predicted octanol–water partition coefficient (Wildman–Crippen LogP) is 3.10. The smallest absolute Gasteiger partial charge is 0.308 e. The van der Waals surface area contributed by atoms with E-state index in [1.165, 1.54) is 19.7 Å². The lowest BCUT2D eigenvalue weighted by atomic mass is 10.1. The molecule has 1 aliphatic heterocycles. The molecule has 1 aromatic heterocycles. The van der Waals surface area contributed by atoms with Crippen molar-refractivity contribution in [2.45, 2.75) is 57.2 Å². The van der Waals surface area contributed by atoms with Crippen molar-refractivity contribution in [3.63, 3.8) is 0 Å². The molecular weight excluding hydrogens is 546 g/mol. The first-order valence-electron chi connectivity index (χ1n) is 13.7. The normalized spacial score (nSPS) is 16.2. The minimum atomic E-state index is -3.85. The number of aryl methyl sites for hydroxylation is 2. The number of likely N-dealkylation sites (tertiary alicyclic amines) is 1. The average Bonchev–Trinajstić information content (AvgIpc) is 3.42. The number of hydrogen-bond donors (Lipinski definition) is 1. The second kappa shape index (κ2) is 13.6. The van der Waals surface area contributed by atoms with Crippen LogP contribution in [0.3, 0.4) is 0 Å². The van der Waals surface area contributed by atoms with Gasteiger partial charge in [0.2, 0.25) is 15.9 Å². The predicted molar refractivity (Wildman–Crippen MR) is 153 cm³/mol. The van der Waals surface area contributed by atoms with Gasteiger partial charge >= 0.3 is 11.8 Å². The number of ether oxygens (including phenoxy) is 2. The van der Waals surface area contributed by atoms with Gasteiger partial charge in [0.1, 0.15) is 5.75 Å². The Kier molecular flexibility index (Phi) is 10.1. The SMILES string of the molecule is COc1cc(C)c(S(=O)(=O)N(C)Cc2nnc(C(=O)NCCc3ccc(CN4CCCC(OC)C4)cc3)o2)c(C)c1. The highest BCUT2D eigenvalue weighted by atomic mass is 32.2. The van der Waals surface area contributed by atoms with E-state index in [-0.39, 0.29) is 23.2 Å². The maximum atomic E-state index is 13.2. The summed E-state index contributed by atoms with van der Waals surface area (Å²) in [7, 11) is 0.880. The zero-order valence-corrected chi connectivity index (χ0v) is 25.2. The second-order valence-electron chi connectivity index (χ2n) is 10.4. The van der Waals surface area contributed by atoms with Crippen molar-refractivity contribution >= 4 is 15.9 Å². The molecule has 2 aromatic carbocycles. The van der Waals surface area contributed by atoms with Crippen LogP contribution in [0.15, 0.2) is 45.7 Å². The van der Waals surface area contributed by atoms with Crippen molar-refractivity contribution < 1.29 is 27.1 Å². The molecule has 1 fully saturated rings. The minimum absolute atomic E-state index is 0.0196. The first kappa shape index (κ1) is 30.6. The summed E-state index contributed by atoms with van der Waals surface area (Å²) in [6.45, 7) is 6.58. The fraction of sp³-hybridized carbons (Fsp3) is 0.483. The quantitative estimate of drug-likeness (QED) is 0.341. The number of nitrogens with zero attached hydrogens (tertiary/aromatic N) is 4. The zero-order chi connectivity index (χ0) is 29.6. The third-order valence-corrected chi connectivity index (χ3v) is 9.39. The van der Waals surface area contributed by atoms with Gasteiger partial charge in [-0.15, -0.1) is 10.2 Å². The third kappa shape index (κ3) is 7.70. The van der Waals surface area contributed by atoms with Gasteiger partial charge in [0, 0.05) is 33.8 Å². The van der Waals surface area contributed by atoms with Gasteiger partial charge in [-0.2, -0.15) is 4.31 Å². The molecule has 0 saturated carbocycles. The Bertz CT molecular complexity index is 1420. The van der Waals surface area contributed by atoms with Crippen LogP contribution in [0.5, 0.6) is 5.75 Å². The Morgan fingerprint density at radius 1 is 1.12 bits per heavy atom. The summed E-state index contributed by atoms with van der Waals surface area (Å²) in [6, 6.07) is 11.7. The fourth-order valence-electron chi connectivity index (χ4n) is 5.09. The van der Waals surface area contributed by atoms with E-state index in [9.17, 15) is 13.2 Å². The molecule has 41 heavy (non-hydrogen) atoms. The molecule has 11 nitrogen and oxygen atoms in total. The summed E-state index contributed by atoms with van der Waals surface area (Å²) in [5.74, 6) is -0.120. The molecular formula is C29H39N5O6S. The van der Waals surface area contributed by atoms with E-state index in [0.717, 1.165) is 42.3 Å². The summed E-state index contributed by atoms with van der Waals surface area (Å²) in [4.78, 5) is 15.2. The van der Waals surface area contributed by atoms with Crippen molar-refractivity contribution in [3.8, 4) is 5.75 Å². The van der Waals surface area contributed by atoms with Gasteiger partial charge in [0.15, 0.2) is 0 Å². The minimum Gasteiger partial charge on any atom is -0.497 e. The maximum Gasteiger partial charge on any atom is 0.308 e. The van der Waals surface area contributed by atoms with E-state index in [2.05, 4.69) is 44.7 Å². The molecule has 1 unspecified atom stereocenters. The Balaban J connectivity index is 1.27. The van der Waals surface area contributed by atoms with Crippen molar-refractivity contribution in [2.24, 2.45) is 0 Å². The molecule has 0 spiro atoms. The summed E-state index contributed by atoms with van der Waals surface area (Å²) < 4.78 is 43.8. The van der Waals surface area contributed by atoms with E-state index < -0.39 is 15.9 Å². The number of aromatic nitrogens is 2. The van der Waals surface area contributed by atoms with Gasteiger partial charge < -0.3 is 19.2 Å². The van der Waals surface area contributed by atoms with E-state index in [4.69, 9.17) is 13.9 Å². The number of rotatable bonds is 12. The van der Waals surface area contributed by atoms with Gasteiger partial charge in [-0.3, -0.25) is 9.69 Å². The summed E-state index contributed by atoms with van der Waals surface area (Å²) in [5.41, 5.74) is 3.48. The van der Waals surface area contributed by atoms with Crippen molar-refractivity contribution in [3.05, 3.63) is 70.4 Å². The third-order valence-electron chi connectivity index (χ3n) is 7.28. The summed E-state index contributed by atoms with van der Waals surface area (Å²) >= 11 is 0. The van der Waals surface area contributed by atoms with Crippen LogP contribution in [0.25, 0.3) is 0 Å². The molecule has 1 aliphatic rings. The highest BCUT2D eigenvalue weighted by molar-refractivity contribution is 7.89. The summed E-state index contributed by atoms with van der Waals surface area (Å²) in [6.07, 6.45) is 3.22. The molecule has 222 valence electrons. The number of amides is 1. The van der Waals surface area contributed by atoms with Crippen LogP contribution in [0, 0.1) is 13.8 Å². The lowest BCUT2D eigenvalue weighted by molar-refractivity contribution is 0.0285. The number of carbonyl (C=O) groups excluding carboxylic acids is 1. The number of sulfonamides is 1. The highest BCUT2D eigenvalue weighted by Gasteiger charge is 2.27. The fourth-order valence-corrected chi connectivity index (χ4v) is 6.61. The van der Waals surface area contributed by atoms with Gasteiger partial charge in [0.05, 0.1) is 24.7 Å². The number of methoxy groups -OCH3 is 2. The maximum absolute atomic E-state index is 13.2. The molecule has 0 aliphatic carbocycles.